The van der Waals surface area contributed by atoms with Crippen LogP contribution in [0.1, 0.15) is 5.56 Å². The second-order valence-corrected chi connectivity index (χ2v) is 7.11. The van der Waals surface area contributed by atoms with E-state index >= 15 is 0 Å². The van der Waals surface area contributed by atoms with Gasteiger partial charge in [-0.2, -0.15) is 0 Å². The first kappa shape index (κ1) is 21.4. The van der Waals surface area contributed by atoms with Crippen LogP contribution in [-0.4, -0.2) is 62.7 Å². The standard InChI is InChI=1S/C21H26N4O5/c1-23-9-11-24(12-10-23)17-5-3-16(4-6-17)14-22-21(26)15-30-18-7-8-19(25(27)28)20(13-18)29-2/h3-8,13H,9-12,14-15H2,1-2H3,(H,22,26). The van der Waals surface area contributed by atoms with Gasteiger partial charge in [-0.15, -0.1) is 0 Å². The minimum Gasteiger partial charge on any atom is -0.490 e. The van der Waals surface area contributed by atoms with Crippen molar-refractivity contribution in [3.63, 3.8) is 0 Å². The van der Waals surface area contributed by atoms with Crippen LogP contribution >= 0.6 is 0 Å². The molecule has 0 bridgehead atoms. The molecule has 1 aliphatic rings. The average Bonchev–Trinajstić information content (AvgIpc) is 2.76. The predicted octanol–water partition coefficient (Wildman–Crippen LogP) is 2.05. The molecule has 0 spiro atoms. The average molecular weight is 414 g/mol. The van der Waals surface area contributed by atoms with Crippen molar-refractivity contribution in [1.82, 2.24) is 10.2 Å². The van der Waals surface area contributed by atoms with Crippen molar-refractivity contribution in [2.45, 2.75) is 6.54 Å². The van der Waals surface area contributed by atoms with Crippen LogP contribution in [0.2, 0.25) is 0 Å². The second kappa shape index (κ2) is 9.93. The summed E-state index contributed by atoms with van der Waals surface area (Å²) >= 11 is 0. The van der Waals surface area contributed by atoms with Crippen LogP contribution < -0.4 is 19.7 Å². The highest BCUT2D eigenvalue weighted by molar-refractivity contribution is 5.77. The Morgan fingerprint density at radius 3 is 2.47 bits per heavy atom. The van der Waals surface area contributed by atoms with Crippen LogP contribution in [0, 0.1) is 10.1 Å². The summed E-state index contributed by atoms with van der Waals surface area (Å²) in [5.74, 6) is 0.123. The van der Waals surface area contributed by atoms with Gasteiger partial charge >= 0.3 is 5.69 Å². The Kier molecular flexibility index (Phi) is 7.08. The minimum absolute atomic E-state index is 0.0818. The number of methoxy groups -OCH3 is 1. The Morgan fingerprint density at radius 2 is 1.83 bits per heavy atom. The predicted molar refractivity (Wildman–Crippen MR) is 113 cm³/mol. The number of ether oxygens (including phenoxy) is 2. The number of likely N-dealkylation sites (N-methyl/N-ethyl adjacent to an activating group) is 1. The summed E-state index contributed by atoms with van der Waals surface area (Å²) in [6.07, 6.45) is 0. The molecule has 1 aliphatic heterocycles. The molecular formula is C21H26N4O5. The maximum absolute atomic E-state index is 12.1. The van der Waals surface area contributed by atoms with Gasteiger partial charge in [0.15, 0.2) is 6.61 Å². The molecule has 1 saturated heterocycles. The molecular weight excluding hydrogens is 388 g/mol. The number of benzene rings is 2. The van der Waals surface area contributed by atoms with Crippen LogP contribution in [0.4, 0.5) is 11.4 Å². The second-order valence-electron chi connectivity index (χ2n) is 7.11. The van der Waals surface area contributed by atoms with Crippen LogP contribution in [0.3, 0.4) is 0 Å². The first-order chi connectivity index (χ1) is 14.5. The molecule has 1 fully saturated rings. The van der Waals surface area contributed by atoms with Crippen molar-refractivity contribution >= 4 is 17.3 Å². The van der Waals surface area contributed by atoms with E-state index in [1.54, 1.807) is 0 Å². The topological polar surface area (TPSA) is 97.2 Å². The summed E-state index contributed by atoms with van der Waals surface area (Å²) in [6, 6.07) is 12.3. The fourth-order valence-electron chi connectivity index (χ4n) is 3.19. The molecule has 0 atom stereocenters. The zero-order valence-corrected chi connectivity index (χ0v) is 17.2. The smallest absolute Gasteiger partial charge is 0.311 e. The first-order valence-corrected chi connectivity index (χ1v) is 9.70. The molecule has 1 amide bonds. The first-order valence-electron chi connectivity index (χ1n) is 9.70. The van der Waals surface area contributed by atoms with E-state index in [1.807, 2.05) is 12.1 Å². The van der Waals surface area contributed by atoms with E-state index in [-0.39, 0.29) is 24.0 Å². The van der Waals surface area contributed by atoms with Gasteiger partial charge in [0.25, 0.3) is 5.91 Å². The van der Waals surface area contributed by atoms with E-state index in [0.29, 0.717) is 12.3 Å². The zero-order chi connectivity index (χ0) is 21.5. The van der Waals surface area contributed by atoms with Gasteiger partial charge in [0.05, 0.1) is 12.0 Å². The Bertz CT molecular complexity index is 879. The maximum Gasteiger partial charge on any atom is 0.311 e. The SMILES string of the molecule is COc1cc(OCC(=O)NCc2ccc(N3CCN(C)CC3)cc2)ccc1[N+](=O)[O-]. The van der Waals surface area contributed by atoms with Crippen LogP contribution in [0.15, 0.2) is 42.5 Å². The van der Waals surface area contributed by atoms with E-state index in [9.17, 15) is 14.9 Å². The molecule has 1 heterocycles. The Morgan fingerprint density at radius 1 is 1.13 bits per heavy atom. The quantitative estimate of drug-likeness (QED) is 0.522. The lowest BCUT2D eigenvalue weighted by atomic mass is 10.2. The van der Waals surface area contributed by atoms with E-state index in [0.717, 1.165) is 31.7 Å². The molecule has 0 saturated carbocycles. The van der Waals surface area contributed by atoms with Crippen LogP contribution in [-0.2, 0) is 11.3 Å². The summed E-state index contributed by atoms with van der Waals surface area (Å²) in [5.41, 5.74) is 2.03. The van der Waals surface area contributed by atoms with Gasteiger partial charge in [-0.1, -0.05) is 12.1 Å². The fraction of sp³-hybridized carbons (Fsp3) is 0.381. The lowest BCUT2D eigenvalue weighted by molar-refractivity contribution is -0.385. The third kappa shape index (κ3) is 5.60. The van der Waals surface area contributed by atoms with E-state index in [2.05, 4.69) is 34.3 Å². The summed E-state index contributed by atoms with van der Waals surface area (Å²) in [5, 5.41) is 13.7. The summed E-state index contributed by atoms with van der Waals surface area (Å²) in [6.45, 7) is 4.33. The summed E-state index contributed by atoms with van der Waals surface area (Å²) in [7, 11) is 3.47. The van der Waals surface area contributed by atoms with Gasteiger partial charge in [-0.25, -0.2) is 0 Å². The lowest BCUT2D eigenvalue weighted by Crippen LogP contribution is -2.44. The van der Waals surface area contributed by atoms with Crippen molar-refractivity contribution < 1.29 is 19.2 Å². The molecule has 9 nitrogen and oxygen atoms in total. The van der Waals surface area contributed by atoms with Crippen molar-refractivity contribution in [2.24, 2.45) is 0 Å². The summed E-state index contributed by atoms with van der Waals surface area (Å²) < 4.78 is 10.4. The van der Waals surface area contributed by atoms with Crippen LogP contribution in [0.5, 0.6) is 11.5 Å². The van der Waals surface area contributed by atoms with Gasteiger partial charge in [-0.3, -0.25) is 14.9 Å². The third-order valence-corrected chi connectivity index (χ3v) is 5.01. The van der Waals surface area contributed by atoms with Crippen molar-refractivity contribution in [3.05, 3.63) is 58.1 Å². The molecule has 2 aromatic carbocycles. The number of carbonyl (C=O) groups excluding carboxylic acids is 1. The number of nitro groups is 1. The number of rotatable bonds is 8. The maximum atomic E-state index is 12.1. The van der Waals surface area contributed by atoms with E-state index < -0.39 is 4.92 Å². The number of hydrogen-bond donors (Lipinski definition) is 1. The monoisotopic (exact) mass is 414 g/mol. The number of carbonyl (C=O) groups is 1. The number of nitrogens with one attached hydrogen (secondary N) is 1. The van der Waals surface area contributed by atoms with Gasteiger partial charge in [0, 0.05) is 50.5 Å². The number of nitro benzene ring substituents is 1. The molecule has 0 unspecified atom stereocenters. The summed E-state index contributed by atoms with van der Waals surface area (Å²) in [4.78, 5) is 27.1. The van der Waals surface area contributed by atoms with Gasteiger partial charge in [0.2, 0.25) is 5.75 Å². The van der Waals surface area contributed by atoms with Crippen molar-refractivity contribution in [3.8, 4) is 11.5 Å². The molecule has 1 N–H and O–H groups in total. The molecule has 0 aromatic heterocycles. The third-order valence-electron chi connectivity index (χ3n) is 5.01. The highest BCUT2D eigenvalue weighted by atomic mass is 16.6. The lowest BCUT2D eigenvalue weighted by Gasteiger charge is -2.34. The molecule has 0 aliphatic carbocycles. The van der Waals surface area contributed by atoms with Crippen LogP contribution in [0.25, 0.3) is 0 Å². The van der Waals surface area contributed by atoms with Gasteiger partial charge in [-0.05, 0) is 30.8 Å². The Balaban J connectivity index is 1.46. The molecule has 3 rings (SSSR count). The van der Waals surface area contributed by atoms with Crippen molar-refractivity contribution in [1.29, 1.82) is 0 Å². The highest BCUT2D eigenvalue weighted by Gasteiger charge is 2.16. The van der Waals surface area contributed by atoms with Gasteiger partial charge < -0.3 is 24.6 Å². The molecule has 2 aromatic rings. The molecule has 30 heavy (non-hydrogen) atoms. The van der Waals surface area contributed by atoms with E-state index in [1.165, 1.54) is 31.0 Å². The number of nitrogens with zero attached hydrogens (tertiary/aromatic N) is 3. The largest absolute Gasteiger partial charge is 0.490 e. The molecule has 160 valence electrons. The molecule has 0 radical (unpaired) electrons. The number of piperazine rings is 1. The number of amides is 1. The highest BCUT2D eigenvalue weighted by Crippen LogP contribution is 2.30. The normalized spacial score (nSPS) is 14.3. The zero-order valence-electron chi connectivity index (χ0n) is 17.2. The van der Waals surface area contributed by atoms with Gasteiger partial charge in [0.1, 0.15) is 5.75 Å². The Hall–Kier alpha value is -3.33. The van der Waals surface area contributed by atoms with E-state index in [4.69, 9.17) is 9.47 Å². The van der Waals surface area contributed by atoms with Crippen molar-refractivity contribution in [2.75, 3.05) is 51.8 Å². The minimum atomic E-state index is -0.537. The molecule has 9 heteroatoms. The Labute approximate surface area is 175 Å². The fourth-order valence-corrected chi connectivity index (χ4v) is 3.19. The number of anilines is 1. The number of hydrogen-bond acceptors (Lipinski definition) is 7.